The summed E-state index contributed by atoms with van der Waals surface area (Å²) in [5.74, 6) is -0.271. The number of hydrogen-bond donors (Lipinski definition) is 1. The lowest BCUT2D eigenvalue weighted by atomic mass is 10.1. The highest BCUT2D eigenvalue weighted by atomic mass is 19.4. The average molecular weight is 304 g/mol. The summed E-state index contributed by atoms with van der Waals surface area (Å²) in [6.45, 7) is 0.582. The van der Waals surface area contributed by atoms with Crippen LogP contribution in [0.25, 0.3) is 0 Å². The van der Waals surface area contributed by atoms with Crippen molar-refractivity contribution in [1.82, 2.24) is 4.90 Å². The molecule has 0 saturated heterocycles. The fraction of sp³-hybridized carbons (Fsp3) is 0.500. The van der Waals surface area contributed by atoms with Crippen LogP contribution in [0.4, 0.5) is 13.2 Å². The largest absolute Gasteiger partial charge is 0.416 e. The van der Waals surface area contributed by atoms with Crippen molar-refractivity contribution in [2.75, 3.05) is 20.8 Å². The third-order valence-corrected chi connectivity index (χ3v) is 3.03. The fourth-order valence-electron chi connectivity index (χ4n) is 1.80. The summed E-state index contributed by atoms with van der Waals surface area (Å²) in [5, 5.41) is 0. The first-order valence-corrected chi connectivity index (χ1v) is 6.41. The Labute approximate surface area is 121 Å². The summed E-state index contributed by atoms with van der Waals surface area (Å²) < 4.78 is 42.2. The van der Waals surface area contributed by atoms with Crippen molar-refractivity contribution in [3.8, 4) is 0 Å². The first kappa shape index (κ1) is 17.5. The highest BCUT2D eigenvalue weighted by molar-refractivity contribution is 5.81. The van der Waals surface area contributed by atoms with Gasteiger partial charge < -0.3 is 15.4 Å². The molecule has 1 atom stereocenters. The fourth-order valence-corrected chi connectivity index (χ4v) is 1.80. The summed E-state index contributed by atoms with van der Waals surface area (Å²) in [6, 6.07) is 4.03. The van der Waals surface area contributed by atoms with Gasteiger partial charge in [0.2, 0.25) is 5.91 Å². The van der Waals surface area contributed by atoms with Crippen molar-refractivity contribution in [3.63, 3.8) is 0 Å². The first-order chi connectivity index (χ1) is 9.75. The highest BCUT2D eigenvalue weighted by Gasteiger charge is 2.30. The van der Waals surface area contributed by atoms with E-state index in [-0.39, 0.29) is 12.5 Å². The molecule has 0 heterocycles. The molecule has 1 aromatic rings. The summed E-state index contributed by atoms with van der Waals surface area (Å²) in [5.41, 5.74) is 5.62. The Hall–Kier alpha value is -1.60. The molecule has 0 aliphatic carbocycles. The normalized spacial score (nSPS) is 13.0. The molecular weight excluding hydrogens is 285 g/mol. The van der Waals surface area contributed by atoms with Gasteiger partial charge in [-0.25, -0.2) is 0 Å². The maximum Gasteiger partial charge on any atom is 0.416 e. The van der Waals surface area contributed by atoms with Crippen LogP contribution in [0.1, 0.15) is 17.5 Å². The molecule has 0 saturated carbocycles. The Morgan fingerprint density at radius 3 is 2.38 bits per heavy atom. The minimum Gasteiger partial charge on any atom is -0.385 e. The van der Waals surface area contributed by atoms with Crippen LogP contribution in [0.2, 0.25) is 0 Å². The Morgan fingerprint density at radius 2 is 1.90 bits per heavy atom. The molecule has 1 rings (SSSR count). The standard InChI is InChI=1S/C14H19F3N2O2/c1-19(13(20)12(18)7-8-21-2)9-10-3-5-11(6-4-10)14(15,16)17/h3-6,12H,7-9,18H2,1-2H3. The van der Waals surface area contributed by atoms with Crippen molar-refractivity contribution >= 4 is 5.91 Å². The van der Waals surface area contributed by atoms with Gasteiger partial charge in [0, 0.05) is 27.3 Å². The quantitative estimate of drug-likeness (QED) is 0.875. The van der Waals surface area contributed by atoms with Gasteiger partial charge in [0.25, 0.3) is 0 Å². The first-order valence-electron chi connectivity index (χ1n) is 6.41. The van der Waals surface area contributed by atoms with Crippen LogP contribution in [0.3, 0.4) is 0 Å². The zero-order chi connectivity index (χ0) is 16.0. The number of amides is 1. The van der Waals surface area contributed by atoms with Gasteiger partial charge in [-0.05, 0) is 24.1 Å². The van der Waals surface area contributed by atoms with Gasteiger partial charge >= 0.3 is 6.18 Å². The van der Waals surface area contributed by atoms with E-state index >= 15 is 0 Å². The third kappa shape index (κ3) is 5.35. The number of alkyl halides is 3. The molecule has 1 unspecified atom stereocenters. The monoisotopic (exact) mass is 304 g/mol. The molecule has 7 heteroatoms. The van der Waals surface area contributed by atoms with Crippen molar-refractivity contribution in [2.45, 2.75) is 25.2 Å². The van der Waals surface area contributed by atoms with Gasteiger partial charge in [0.15, 0.2) is 0 Å². The zero-order valence-corrected chi connectivity index (χ0v) is 12.0. The molecule has 0 radical (unpaired) electrons. The van der Waals surface area contributed by atoms with Crippen LogP contribution < -0.4 is 5.73 Å². The predicted molar refractivity (Wildman–Crippen MR) is 72.4 cm³/mol. The van der Waals surface area contributed by atoms with Crippen LogP contribution in [0, 0.1) is 0 Å². The molecule has 1 amide bonds. The number of rotatable bonds is 6. The topological polar surface area (TPSA) is 55.6 Å². The van der Waals surface area contributed by atoms with Crippen LogP contribution in [-0.2, 0) is 22.3 Å². The van der Waals surface area contributed by atoms with E-state index in [0.717, 1.165) is 12.1 Å². The van der Waals surface area contributed by atoms with Crippen molar-refractivity contribution < 1.29 is 22.7 Å². The number of likely N-dealkylation sites (N-methyl/N-ethyl adjacent to an activating group) is 1. The Kier molecular flexibility index (Phi) is 6.17. The number of carbonyl (C=O) groups excluding carboxylic acids is 1. The van der Waals surface area contributed by atoms with E-state index in [9.17, 15) is 18.0 Å². The Morgan fingerprint density at radius 1 is 1.33 bits per heavy atom. The summed E-state index contributed by atoms with van der Waals surface area (Å²) in [4.78, 5) is 13.3. The van der Waals surface area contributed by atoms with Crippen LogP contribution in [0.5, 0.6) is 0 Å². The molecule has 0 bridgehead atoms. The van der Waals surface area contributed by atoms with E-state index < -0.39 is 17.8 Å². The number of nitrogens with zero attached hydrogens (tertiary/aromatic N) is 1. The van der Waals surface area contributed by atoms with E-state index in [0.29, 0.717) is 18.6 Å². The molecule has 2 N–H and O–H groups in total. The van der Waals surface area contributed by atoms with Gasteiger partial charge in [-0.3, -0.25) is 4.79 Å². The molecule has 0 aliphatic rings. The molecule has 21 heavy (non-hydrogen) atoms. The van der Waals surface area contributed by atoms with Crippen LogP contribution in [0.15, 0.2) is 24.3 Å². The summed E-state index contributed by atoms with van der Waals surface area (Å²) in [7, 11) is 3.08. The van der Waals surface area contributed by atoms with E-state index in [1.807, 2.05) is 0 Å². The predicted octanol–water partition coefficient (Wildman–Crippen LogP) is 2.03. The summed E-state index contributed by atoms with van der Waals surface area (Å²) in [6.07, 6.45) is -3.96. The van der Waals surface area contributed by atoms with Crippen molar-refractivity contribution in [3.05, 3.63) is 35.4 Å². The van der Waals surface area contributed by atoms with Crippen molar-refractivity contribution in [2.24, 2.45) is 5.73 Å². The second-order valence-electron chi connectivity index (χ2n) is 4.78. The van der Waals surface area contributed by atoms with E-state index in [1.54, 1.807) is 7.05 Å². The molecule has 0 aliphatic heterocycles. The van der Waals surface area contributed by atoms with Crippen LogP contribution in [-0.4, -0.2) is 37.6 Å². The third-order valence-electron chi connectivity index (χ3n) is 3.03. The van der Waals surface area contributed by atoms with Gasteiger partial charge in [0.05, 0.1) is 11.6 Å². The van der Waals surface area contributed by atoms with Crippen LogP contribution >= 0.6 is 0 Å². The number of benzene rings is 1. The summed E-state index contributed by atoms with van der Waals surface area (Å²) >= 11 is 0. The van der Waals surface area contributed by atoms with Gasteiger partial charge in [-0.15, -0.1) is 0 Å². The molecule has 118 valence electrons. The lowest BCUT2D eigenvalue weighted by Gasteiger charge is -2.21. The molecular formula is C14H19F3N2O2. The van der Waals surface area contributed by atoms with E-state index in [4.69, 9.17) is 10.5 Å². The number of halogens is 3. The Bertz CT molecular complexity index is 460. The minimum atomic E-state index is -4.36. The van der Waals surface area contributed by atoms with E-state index in [2.05, 4.69) is 0 Å². The number of hydrogen-bond acceptors (Lipinski definition) is 3. The molecule has 1 aromatic carbocycles. The van der Waals surface area contributed by atoms with E-state index in [1.165, 1.54) is 24.1 Å². The minimum absolute atomic E-state index is 0.206. The molecule has 0 aromatic heterocycles. The lowest BCUT2D eigenvalue weighted by molar-refractivity contribution is -0.137. The SMILES string of the molecule is COCCC(N)C(=O)N(C)Cc1ccc(C(F)(F)F)cc1. The van der Waals surface area contributed by atoms with Gasteiger partial charge in [-0.1, -0.05) is 12.1 Å². The smallest absolute Gasteiger partial charge is 0.385 e. The van der Waals surface area contributed by atoms with Gasteiger partial charge in [-0.2, -0.15) is 13.2 Å². The van der Waals surface area contributed by atoms with Gasteiger partial charge in [0.1, 0.15) is 0 Å². The molecule has 0 spiro atoms. The average Bonchev–Trinajstić information content (AvgIpc) is 2.43. The maximum atomic E-state index is 12.4. The Balaban J connectivity index is 2.62. The highest BCUT2D eigenvalue weighted by Crippen LogP contribution is 2.29. The number of carbonyl (C=O) groups is 1. The number of ether oxygens (including phenoxy) is 1. The molecule has 0 fully saturated rings. The van der Waals surface area contributed by atoms with Crippen molar-refractivity contribution in [1.29, 1.82) is 0 Å². The number of methoxy groups -OCH3 is 1. The molecule has 4 nitrogen and oxygen atoms in total. The zero-order valence-electron chi connectivity index (χ0n) is 12.0. The second kappa shape index (κ2) is 7.42. The number of nitrogens with two attached hydrogens (primary N) is 1. The second-order valence-corrected chi connectivity index (χ2v) is 4.78. The lowest BCUT2D eigenvalue weighted by Crippen LogP contribution is -2.42. The maximum absolute atomic E-state index is 12.4.